The van der Waals surface area contributed by atoms with Gasteiger partial charge in [0.15, 0.2) is 11.6 Å². The number of rotatable bonds is 12. The fraction of sp³-hybridized carbons (Fsp3) is 0.769. The van der Waals surface area contributed by atoms with Crippen LogP contribution in [0.1, 0.15) is 90.4 Å². The van der Waals surface area contributed by atoms with Crippen LogP contribution in [0.4, 0.5) is 0 Å². The van der Waals surface area contributed by atoms with Crippen LogP contribution in [0.25, 0.3) is 0 Å². The van der Waals surface area contributed by atoms with Gasteiger partial charge in [-0.15, -0.1) is 0 Å². The van der Waals surface area contributed by atoms with Crippen LogP contribution in [-0.2, 0) is 23.8 Å². The molecule has 1 N–H and O–H groups in total. The summed E-state index contributed by atoms with van der Waals surface area (Å²) in [6, 6.07) is 0. The zero-order chi connectivity index (χ0) is 22.9. The van der Waals surface area contributed by atoms with Gasteiger partial charge < -0.3 is 19.3 Å². The number of hydrogen-bond donors (Lipinski definition) is 1. The molecule has 3 rings (SSSR count). The minimum Gasteiger partial charge on any atom is -0.466 e. The van der Waals surface area contributed by atoms with E-state index in [0.29, 0.717) is 32.3 Å². The lowest BCUT2D eigenvalue weighted by atomic mass is 9.87. The van der Waals surface area contributed by atoms with Crippen molar-refractivity contribution in [3.63, 3.8) is 0 Å². The van der Waals surface area contributed by atoms with Gasteiger partial charge in [0.2, 0.25) is 0 Å². The Kier molecular flexibility index (Phi) is 9.50. The maximum atomic E-state index is 12.4. The van der Waals surface area contributed by atoms with E-state index < -0.39 is 11.4 Å². The van der Waals surface area contributed by atoms with E-state index in [1.807, 2.05) is 0 Å². The molecule has 2 saturated heterocycles. The molecule has 3 atom stereocenters. The van der Waals surface area contributed by atoms with Crippen LogP contribution in [0.2, 0.25) is 0 Å². The molecule has 0 amide bonds. The largest absolute Gasteiger partial charge is 0.466 e. The average molecular weight is 449 g/mol. The molecule has 0 aromatic carbocycles. The number of allylic oxidation sites excluding steroid dienone is 2. The molecule has 0 saturated carbocycles. The lowest BCUT2D eigenvalue weighted by Crippen LogP contribution is -2.47. The van der Waals surface area contributed by atoms with E-state index >= 15 is 0 Å². The van der Waals surface area contributed by atoms with Gasteiger partial charge in [-0.2, -0.15) is 0 Å². The molecule has 0 bridgehead atoms. The van der Waals surface area contributed by atoms with Crippen LogP contribution in [-0.4, -0.2) is 47.6 Å². The minimum absolute atomic E-state index is 0.0163. The van der Waals surface area contributed by atoms with E-state index in [2.05, 4.69) is 6.92 Å². The molecule has 2 heterocycles. The number of esters is 1. The highest BCUT2D eigenvalue weighted by atomic mass is 16.7. The Morgan fingerprint density at radius 1 is 1.09 bits per heavy atom. The molecule has 0 aromatic heterocycles. The van der Waals surface area contributed by atoms with Crippen LogP contribution < -0.4 is 0 Å². The first-order chi connectivity index (χ1) is 15.5. The van der Waals surface area contributed by atoms with Crippen LogP contribution in [0.3, 0.4) is 0 Å². The Hall–Kier alpha value is -1.50. The Labute approximate surface area is 192 Å². The van der Waals surface area contributed by atoms with Crippen LogP contribution in [0.15, 0.2) is 24.3 Å². The first-order valence-corrected chi connectivity index (χ1v) is 12.5. The Balaban J connectivity index is 1.40. The maximum Gasteiger partial charge on any atom is 0.308 e. The van der Waals surface area contributed by atoms with Gasteiger partial charge in [0.25, 0.3) is 0 Å². The van der Waals surface area contributed by atoms with Crippen LogP contribution in [0, 0.1) is 5.92 Å². The molecule has 180 valence electrons. The summed E-state index contributed by atoms with van der Waals surface area (Å²) in [4.78, 5) is 23.9. The topological polar surface area (TPSA) is 82.1 Å². The predicted octanol–water partition coefficient (Wildman–Crippen LogP) is 4.79. The van der Waals surface area contributed by atoms with Crippen molar-refractivity contribution < 1.29 is 28.9 Å². The lowest BCUT2D eigenvalue weighted by Gasteiger charge is -2.42. The summed E-state index contributed by atoms with van der Waals surface area (Å²) in [7, 11) is 0. The van der Waals surface area contributed by atoms with Crippen molar-refractivity contribution in [1.82, 2.24) is 0 Å². The summed E-state index contributed by atoms with van der Waals surface area (Å²) >= 11 is 0. The maximum absolute atomic E-state index is 12.4. The van der Waals surface area contributed by atoms with Crippen LogP contribution in [0.5, 0.6) is 0 Å². The number of ketones is 1. The summed E-state index contributed by atoms with van der Waals surface area (Å²) in [5.41, 5.74) is -0.632. The van der Waals surface area contributed by atoms with Gasteiger partial charge in [0.05, 0.1) is 19.1 Å². The van der Waals surface area contributed by atoms with E-state index in [9.17, 15) is 14.7 Å². The number of hydrogen-bond acceptors (Lipinski definition) is 6. The van der Waals surface area contributed by atoms with Crippen molar-refractivity contribution in [2.24, 2.45) is 5.92 Å². The van der Waals surface area contributed by atoms with Crippen molar-refractivity contribution >= 4 is 11.8 Å². The number of ether oxygens (including phenoxy) is 3. The van der Waals surface area contributed by atoms with Crippen molar-refractivity contribution in [1.29, 1.82) is 0 Å². The molecule has 32 heavy (non-hydrogen) atoms. The standard InChI is InChI=1S/C26H40O6/c1-2-3-4-5-6-7-8-9-16-30-24(29)18-23-17-21(20-27)19-26(31-23)15-14-25(32-26)12-10-22(28)11-13-25/h10-13,21,23,27H,2-9,14-20H2,1H3/t21?,23?,26-/m0/s1. The smallest absolute Gasteiger partial charge is 0.308 e. The number of carbonyl (C=O) groups is 2. The van der Waals surface area contributed by atoms with Gasteiger partial charge >= 0.3 is 5.97 Å². The Morgan fingerprint density at radius 2 is 1.78 bits per heavy atom. The Morgan fingerprint density at radius 3 is 2.47 bits per heavy atom. The summed E-state index contributed by atoms with van der Waals surface area (Å²) in [6.07, 6.45) is 18.7. The van der Waals surface area contributed by atoms with E-state index in [0.717, 1.165) is 12.8 Å². The fourth-order valence-corrected chi connectivity index (χ4v) is 5.08. The second-order valence-corrected chi connectivity index (χ2v) is 9.66. The van der Waals surface area contributed by atoms with Crippen molar-refractivity contribution in [3.8, 4) is 0 Å². The number of unbranched alkanes of at least 4 members (excludes halogenated alkanes) is 7. The van der Waals surface area contributed by atoms with E-state index in [4.69, 9.17) is 14.2 Å². The number of aliphatic hydroxyl groups is 1. The third kappa shape index (κ3) is 7.26. The normalized spacial score (nSPS) is 28.6. The molecule has 1 aliphatic carbocycles. The molecule has 6 heteroatoms. The first-order valence-electron chi connectivity index (χ1n) is 12.5. The molecule has 0 radical (unpaired) electrons. The van der Waals surface area contributed by atoms with Gasteiger partial charge in [-0.3, -0.25) is 9.59 Å². The average Bonchev–Trinajstić information content (AvgIpc) is 3.11. The van der Waals surface area contributed by atoms with E-state index in [1.54, 1.807) is 12.2 Å². The molecular weight excluding hydrogens is 408 g/mol. The predicted molar refractivity (Wildman–Crippen MR) is 122 cm³/mol. The van der Waals surface area contributed by atoms with E-state index in [1.165, 1.54) is 50.7 Å². The summed E-state index contributed by atoms with van der Waals surface area (Å²) in [5, 5.41) is 9.82. The highest BCUT2D eigenvalue weighted by Gasteiger charge is 2.52. The molecule has 2 spiro atoms. The molecule has 2 unspecified atom stereocenters. The second-order valence-electron chi connectivity index (χ2n) is 9.66. The number of aliphatic hydroxyl groups excluding tert-OH is 1. The van der Waals surface area contributed by atoms with Crippen LogP contribution >= 0.6 is 0 Å². The Bertz CT molecular complexity index is 668. The zero-order valence-corrected chi connectivity index (χ0v) is 19.6. The molecule has 3 aliphatic rings. The van der Waals surface area contributed by atoms with Gasteiger partial charge in [-0.05, 0) is 49.5 Å². The van der Waals surface area contributed by atoms with Gasteiger partial charge in [-0.25, -0.2) is 0 Å². The fourth-order valence-electron chi connectivity index (χ4n) is 5.08. The van der Waals surface area contributed by atoms with Gasteiger partial charge in [0, 0.05) is 19.4 Å². The molecule has 2 fully saturated rings. The van der Waals surface area contributed by atoms with Crippen molar-refractivity contribution in [2.75, 3.05) is 13.2 Å². The monoisotopic (exact) mass is 448 g/mol. The molecule has 2 aliphatic heterocycles. The van der Waals surface area contributed by atoms with Gasteiger partial charge in [0.1, 0.15) is 5.60 Å². The summed E-state index contributed by atoms with van der Waals surface area (Å²) in [6.45, 7) is 2.72. The molecule has 0 aromatic rings. The second kappa shape index (κ2) is 12.1. The van der Waals surface area contributed by atoms with Crippen molar-refractivity contribution in [3.05, 3.63) is 24.3 Å². The highest BCUT2D eigenvalue weighted by molar-refractivity contribution is 6.00. The number of carbonyl (C=O) groups excluding carboxylic acids is 2. The first kappa shape index (κ1) is 25.1. The summed E-state index contributed by atoms with van der Waals surface area (Å²) < 4.78 is 18.1. The quantitative estimate of drug-likeness (QED) is 0.341. The minimum atomic E-state index is -0.830. The lowest BCUT2D eigenvalue weighted by molar-refractivity contribution is -0.287. The molecule has 6 nitrogen and oxygen atoms in total. The SMILES string of the molecule is CCCCCCCCCCOC(=O)CC1CC(CO)C[C@@]2(CCC3(C=CC(=O)C=C3)O2)O1. The van der Waals surface area contributed by atoms with Gasteiger partial charge in [-0.1, -0.05) is 51.9 Å². The summed E-state index contributed by atoms with van der Waals surface area (Å²) in [5.74, 6) is -1.11. The third-order valence-corrected chi connectivity index (χ3v) is 6.82. The van der Waals surface area contributed by atoms with E-state index in [-0.39, 0.29) is 36.8 Å². The zero-order valence-electron chi connectivity index (χ0n) is 19.6. The third-order valence-electron chi connectivity index (χ3n) is 6.82. The highest BCUT2D eigenvalue weighted by Crippen LogP contribution is 2.48. The van der Waals surface area contributed by atoms with Crippen molar-refractivity contribution in [2.45, 2.75) is 108 Å². The molecular formula is C26H40O6.